The number of nitrogens with zero attached hydrogens (tertiary/aromatic N) is 4. The minimum absolute atomic E-state index is 0.197. The zero-order chi connectivity index (χ0) is 17.8. The minimum Gasteiger partial charge on any atom is -0.458 e. The number of esters is 1. The van der Waals surface area contributed by atoms with Crippen molar-refractivity contribution in [2.45, 2.75) is 13.5 Å². The van der Waals surface area contributed by atoms with Crippen molar-refractivity contribution < 1.29 is 9.53 Å². The molecule has 25 heavy (non-hydrogen) atoms. The van der Waals surface area contributed by atoms with Crippen LogP contribution in [-0.2, 0) is 23.2 Å². The van der Waals surface area contributed by atoms with Gasteiger partial charge in [-0.3, -0.25) is 4.68 Å². The topological polar surface area (TPSA) is 61.9 Å². The first kappa shape index (κ1) is 17.0. The van der Waals surface area contributed by atoms with Gasteiger partial charge in [-0.15, -0.1) is 0 Å². The summed E-state index contributed by atoms with van der Waals surface area (Å²) in [6.07, 6.45) is 6.56. The third-order valence-corrected chi connectivity index (χ3v) is 4.12. The van der Waals surface area contributed by atoms with Crippen LogP contribution < -0.4 is 0 Å². The van der Waals surface area contributed by atoms with Crippen LogP contribution in [0.3, 0.4) is 0 Å². The first-order chi connectivity index (χ1) is 12.0. The van der Waals surface area contributed by atoms with Gasteiger partial charge in [-0.25, -0.2) is 9.48 Å². The third kappa shape index (κ3) is 3.97. The molecule has 128 valence electrons. The summed E-state index contributed by atoms with van der Waals surface area (Å²) in [4.78, 5) is 11.9. The maximum Gasteiger partial charge on any atom is 0.331 e. The summed E-state index contributed by atoms with van der Waals surface area (Å²) >= 11 is 6.12. The highest BCUT2D eigenvalue weighted by molar-refractivity contribution is 6.31. The zero-order valence-corrected chi connectivity index (χ0v) is 14.6. The molecule has 0 bridgehead atoms. The van der Waals surface area contributed by atoms with E-state index in [0.29, 0.717) is 10.7 Å². The summed E-state index contributed by atoms with van der Waals surface area (Å²) in [6, 6.07) is 9.50. The Hall–Kier alpha value is -2.86. The smallest absolute Gasteiger partial charge is 0.331 e. The van der Waals surface area contributed by atoms with Crippen molar-refractivity contribution in [3.8, 4) is 5.69 Å². The second-order valence-corrected chi connectivity index (χ2v) is 5.83. The lowest BCUT2D eigenvalue weighted by molar-refractivity contribution is -0.138. The normalized spacial score (nSPS) is 11.2. The van der Waals surface area contributed by atoms with Crippen LogP contribution in [0.25, 0.3) is 11.8 Å². The molecule has 0 N–H and O–H groups in total. The van der Waals surface area contributed by atoms with Crippen LogP contribution in [0.1, 0.15) is 16.8 Å². The van der Waals surface area contributed by atoms with E-state index in [9.17, 15) is 4.79 Å². The van der Waals surface area contributed by atoms with E-state index in [2.05, 4.69) is 10.2 Å². The lowest BCUT2D eigenvalue weighted by Gasteiger charge is -2.05. The van der Waals surface area contributed by atoms with Crippen molar-refractivity contribution in [3.63, 3.8) is 0 Å². The summed E-state index contributed by atoms with van der Waals surface area (Å²) in [5, 5.41) is 8.83. The molecule has 7 heteroatoms. The predicted octanol–water partition coefficient (Wildman–Crippen LogP) is 3.32. The van der Waals surface area contributed by atoms with Gasteiger partial charge in [-0.2, -0.15) is 10.2 Å². The molecule has 2 aromatic heterocycles. The molecule has 2 heterocycles. The van der Waals surface area contributed by atoms with Gasteiger partial charge < -0.3 is 4.74 Å². The van der Waals surface area contributed by atoms with Gasteiger partial charge in [-0.05, 0) is 36.8 Å². The molecule has 0 radical (unpaired) electrons. The first-order valence-corrected chi connectivity index (χ1v) is 8.05. The number of hydrogen-bond acceptors (Lipinski definition) is 4. The first-order valence-electron chi connectivity index (χ1n) is 7.67. The number of carbonyl (C=O) groups is 1. The van der Waals surface area contributed by atoms with Gasteiger partial charge in [-0.1, -0.05) is 23.7 Å². The maximum atomic E-state index is 11.9. The number of hydrogen-bond donors (Lipinski definition) is 0. The Labute approximate surface area is 150 Å². The molecule has 0 aliphatic heterocycles. The number of aromatic nitrogens is 4. The fourth-order valence-corrected chi connectivity index (χ4v) is 2.59. The highest BCUT2D eigenvalue weighted by Gasteiger charge is 2.08. The molecular weight excluding hydrogens is 340 g/mol. The SMILES string of the molecule is Cc1nn(C)c(Cl)c1/C=C/C(=O)OCc1ccc(-n2cccn2)cc1. The van der Waals surface area contributed by atoms with Gasteiger partial charge >= 0.3 is 5.97 Å². The quantitative estimate of drug-likeness (QED) is 0.519. The monoisotopic (exact) mass is 356 g/mol. The summed E-state index contributed by atoms with van der Waals surface area (Å²) in [6.45, 7) is 2.03. The number of halogens is 1. The molecule has 0 unspecified atom stereocenters. The van der Waals surface area contributed by atoms with Gasteiger partial charge in [0.1, 0.15) is 11.8 Å². The maximum absolute atomic E-state index is 11.9. The molecular formula is C18H17ClN4O2. The molecule has 0 aliphatic rings. The van der Waals surface area contributed by atoms with E-state index in [1.54, 1.807) is 28.7 Å². The van der Waals surface area contributed by atoms with Crippen molar-refractivity contribution in [3.05, 3.63) is 70.8 Å². The van der Waals surface area contributed by atoms with E-state index in [1.165, 1.54) is 6.08 Å². The largest absolute Gasteiger partial charge is 0.458 e. The van der Waals surface area contributed by atoms with Crippen molar-refractivity contribution in [2.24, 2.45) is 7.05 Å². The molecule has 0 aliphatic carbocycles. The third-order valence-electron chi connectivity index (χ3n) is 3.67. The van der Waals surface area contributed by atoms with Crippen LogP contribution in [0.5, 0.6) is 0 Å². The second-order valence-electron chi connectivity index (χ2n) is 5.47. The van der Waals surface area contributed by atoms with Crippen LogP contribution in [-0.4, -0.2) is 25.5 Å². The molecule has 0 saturated carbocycles. The molecule has 3 rings (SSSR count). The lowest BCUT2D eigenvalue weighted by Crippen LogP contribution is -2.01. The number of carbonyl (C=O) groups excluding carboxylic acids is 1. The van der Waals surface area contributed by atoms with E-state index in [-0.39, 0.29) is 6.61 Å². The van der Waals surface area contributed by atoms with Crippen LogP contribution in [0.2, 0.25) is 5.15 Å². The number of benzene rings is 1. The van der Waals surface area contributed by atoms with Gasteiger partial charge in [0.15, 0.2) is 0 Å². The zero-order valence-electron chi connectivity index (χ0n) is 13.9. The molecule has 0 atom stereocenters. The van der Waals surface area contributed by atoms with Crippen molar-refractivity contribution in [1.29, 1.82) is 0 Å². The lowest BCUT2D eigenvalue weighted by atomic mass is 10.2. The molecule has 1 aromatic carbocycles. The molecule has 0 fully saturated rings. The van der Waals surface area contributed by atoms with Gasteiger partial charge in [0, 0.05) is 31.1 Å². The Morgan fingerprint density at radius 2 is 2.08 bits per heavy atom. The van der Waals surface area contributed by atoms with Crippen LogP contribution in [0.15, 0.2) is 48.8 Å². The Kier molecular flexibility index (Phi) is 5.00. The average Bonchev–Trinajstić information content (AvgIpc) is 3.22. The highest BCUT2D eigenvalue weighted by Crippen LogP contribution is 2.20. The average molecular weight is 357 g/mol. The van der Waals surface area contributed by atoms with E-state index < -0.39 is 5.97 Å². The van der Waals surface area contributed by atoms with Crippen molar-refractivity contribution in [2.75, 3.05) is 0 Å². The van der Waals surface area contributed by atoms with Gasteiger partial charge in [0.2, 0.25) is 0 Å². The Balaban J connectivity index is 1.58. The summed E-state index contributed by atoms with van der Waals surface area (Å²) < 4.78 is 8.57. The summed E-state index contributed by atoms with van der Waals surface area (Å²) in [7, 11) is 1.75. The highest BCUT2D eigenvalue weighted by atomic mass is 35.5. The minimum atomic E-state index is -0.435. The van der Waals surface area contributed by atoms with Crippen LogP contribution >= 0.6 is 11.6 Å². The standard InChI is InChI=1S/C18H17ClN4O2/c1-13-16(18(19)22(2)21-13)8-9-17(24)25-12-14-4-6-15(7-5-14)23-11-3-10-20-23/h3-11H,12H2,1-2H3/b9-8+. The summed E-state index contributed by atoms with van der Waals surface area (Å²) in [5.74, 6) is -0.435. The summed E-state index contributed by atoms with van der Waals surface area (Å²) in [5.41, 5.74) is 3.31. The molecule has 0 saturated heterocycles. The fraction of sp³-hybridized carbons (Fsp3) is 0.167. The van der Waals surface area contributed by atoms with Crippen LogP contribution in [0, 0.1) is 6.92 Å². The fourth-order valence-electron chi connectivity index (χ4n) is 2.36. The van der Waals surface area contributed by atoms with E-state index in [0.717, 1.165) is 16.9 Å². The predicted molar refractivity (Wildman–Crippen MR) is 95.3 cm³/mol. The Morgan fingerprint density at radius 3 is 2.68 bits per heavy atom. The molecule has 6 nitrogen and oxygen atoms in total. The van der Waals surface area contributed by atoms with E-state index in [4.69, 9.17) is 16.3 Å². The van der Waals surface area contributed by atoms with Crippen molar-refractivity contribution in [1.82, 2.24) is 19.6 Å². The number of aryl methyl sites for hydroxylation is 2. The molecule has 3 aromatic rings. The van der Waals surface area contributed by atoms with Gasteiger partial charge in [0.05, 0.1) is 11.4 Å². The van der Waals surface area contributed by atoms with Crippen molar-refractivity contribution >= 4 is 23.6 Å². The van der Waals surface area contributed by atoms with E-state index in [1.807, 2.05) is 43.5 Å². The Morgan fingerprint density at radius 1 is 1.32 bits per heavy atom. The molecule has 0 spiro atoms. The van der Waals surface area contributed by atoms with E-state index >= 15 is 0 Å². The Bertz CT molecular complexity index is 896. The number of rotatable bonds is 5. The second kappa shape index (κ2) is 7.36. The van der Waals surface area contributed by atoms with Gasteiger partial charge in [0.25, 0.3) is 0 Å². The molecule has 0 amide bonds. The number of ether oxygens (including phenoxy) is 1. The van der Waals surface area contributed by atoms with Crippen LogP contribution in [0.4, 0.5) is 0 Å².